The third-order valence-corrected chi connectivity index (χ3v) is 5.79. The van der Waals surface area contributed by atoms with E-state index < -0.39 is 0 Å². The van der Waals surface area contributed by atoms with Crippen molar-refractivity contribution in [3.63, 3.8) is 0 Å². The van der Waals surface area contributed by atoms with E-state index in [4.69, 9.17) is 0 Å². The van der Waals surface area contributed by atoms with Crippen molar-refractivity contribution < 1.29 is 4.79 Å². The van der Waals surface area contributed by atoms with E-state index in [-0.39, 0.29) is 18.3 Å². The fraction of sp³-hybridized carbons (Fsp3) is 0.435. The molecule has 4 rings (SSSR count). The average molecular weight is 400 g/mol. The molecule has 0 unspecified atom stereocenters. The first-order chi connectivity index (χ1) is 13.2. The van der Waals surface area contributed by atoms with E-state index in [9.17, 15) is 4.79 Å². The van der Waals surface area contributed by atoms with E-state index >= 15 is 0 Å². The Balaban J connectivity index is 0.00000225. The number of benzene rings is 2. The van der Waals surface area contributed by atoms with Gasteiger partial charge in [0.1, 0.15) is 0 Å². The molecule has 0 N–H and O–H groups in total. The highest BCUT2D eigenvalue weighted by Crippen LogP contribution is 2.29. The smallest absolute Gasteiger partial charge is 0.231 e. The number of piperazine rings is 1. The van der Waals surface area contributed by atoms with Gasteiger partial charge in [-0.2, -0.15) is 0 Å². The Kier molecular flexibility index (Phi) is 7.11. The Labute approximate surface area is 173 Å². The molecular weight excluding hydrogens is 370 g/mol. The van der Waals surface area contributed by atoms with Crippen LogP contribution in [0.1, 0.15) is 30.5 Å². The lowest BCUT2D eigenvalue weighted by Crippen LogP contribution is -2.44. The normalized spacial score (nSPS) is 15.8. The van der Waals surface area contributed by atoms with Crippen molar-refractivity contribution in [2.75, 3.05) is 39.8 Å². The zero-order chi connectivity index (χ0) is 18.6. The maximum atomic E-state index is 13.0. The lowest BCUT2D eigenvalue weighted by atomic mass is 10.1. The number of aromatic nitrogens is 1. The third kappa shape index (κ3) is 4.40. The molecule has 0 aliphatic carbocycles. The van der Waals surface area contributed by atoms with Crippen molar-refractivity contribution in [1.82, 2.24) is 14.4 Å². The van der Waals surface area contributed by atoms with Gasteiger partial charge in [-0.3, -0.25) is 9.36 Å². The lowest BCUT2D eigenvalue weighted by Gasteiger charge is -2.32. The highest BCUT2D eigenvalue weighted by Gasteiger charge is 2.15. The number of fused-ring (bicyclic) bond motifs is 3. The van der Waals surface area contributed by atoms with Crippen LogP contribution in [-0.4, -0.2) is 60.0 Å². The van der Waals surface area contributed by atoms with Gasteiger partial charge in [0.2, 0.25) is 5.91 Å². The second-order valence-corrected chi connectivity index (χ2v) is 7.72. The highest BCUT2D eigenvalue weighted by atomic mass is 35.5. The number of unbranched alkanes of at least 4 members (excludes halogenated alkanes) is 2. The minimum absolute atomic E-state index is 0. The van der Waals surface area contributed by atoms with Gasteiger partial charge in [-0.1, -0.05) is 42.8 Å². The summed E-state index contributed by atoms with van der Waals surface area (Å²) in [5.74, 6) is 0.215. The first-order valence-electron chi connectivity index (χ1n) is 10.2. The summed E-state index contributed by atoms with van der Waals surface area (Å²) in [6.45, 7) is 5.86. The predicted molar refractivity (Wildman–Crippen MR) is 120 cm³/mol. The van der Waals surface area contributed by atoms with Crippen molar-refractivity contribution in [3.8, 4) is 0 Å². The Hall–Kier alpha value is -1.88. The van der Waals surface area contributed by atoms with Gasteiger partial charge in [0.25, 0.3) is 0 Å². The summed E-state index contributed by atoms with van der Waals surface area (Å²) in [5.41, 5.74) is 2.06. The summed E-state index contributed by atoms with van der Waals surface area (Å²) in [5, 5.41) is 2.33. The molecule has 0 atom stereocenters. The number of halogens is 1. The van der Waals surface area contributed by atoms with Crippen LogP contribution >= 0.6 is 12.4 Å². The van der Waals surface area contributed by atoms with E-state index in [1.807, 2.05) is 28.8 Å². The van der Waals surface area contributed by atoms with E-state index in [1.165, 1.54) is 32.6 Å². The van der Waals surface area contributed by atoms with Gasteiger partial charge in [-0.15, -0.1) is 12.4 Å². The Morgan fingerprint density at radius 1 is 0.821 bits per heavy atom. The molecule has 1 saturated heterocycles. The molecule has 1 aromatic heterocycles. The summed E-state index contributed by atoms with van der Waals surface area (Å²) in [6.07, 6.45) is 3.89. The van der Waals surface area contributed by atoms with Gasteiger partial charge >= 0.3 is 0 Å². The molecule has 0 radical (unpaired) electrons. The topological polar surface area (TPSA) is 28.5 Å². The fourth-order valence-electron chi connectivity index (χ4n) is 4.16. The molecule has 0 bridgehead atoms. The van der Waals surface area contributed by atoms with Crippen molar-refractivity contribution >= 4 is 40.1 Å². The van der Waals surface area contributed by atoms with Crippen LogP contribution in [0.25, 0.3) is 21.8 Å². The van der Waals surface area contributed by atoms with Crippen LogP contribution in [0, 0.1) is 0 Å². The maximum absolute atomic E-state index is 13.0. The van der Waals surface area contributed by atoms with Crippen molar-refractivity contribution in [1.29, 1.82) is 0 Å². The Morgan fingerprint density at radius 3 is 2.00 bits per heavy atom. The lowest BCUT2D eigenvalue weighted by molar-refractivity contribution is 0.0908. The van der Waals surface area contributed by atoms with Gasteiger partial charge < -0.3 is 9.80 Å². The molecule has 28 heavy (non-hydrogen) atoms. The molecule has 1 fully saturated rings. The average Bonchev–Trinajstić information content (AvgIpc) is 3.04. The molecule has 5 heteroatoms. The maximum Gasteiger partial charge on any atom is 0.231 e. The molecule has 0 amide bonds. The molecule has 150 valence electrons. The molecule has 2 aromatic carbocycles. The van der Waals surface area contributed by atoms with Gasteiger partial charge in [-0.05, 0) is 38.6 Å². The van der Waals surface area contributed by atoms with Gasteiger partial charge in [0.15, 0.2) is 0 Å². The van der Waals surface area contributed by atoms with Crippen LogP contribution in [0.4, 0.5) is 0 Å². The van der Waals surface area contributed by atoms with E-state index in [0.29, 0.717) is 6.42 Å². The second kappa shape index (κ2) is 9.55. The monoisotopic (exact) mass is 399 g/mol. The molecule has 1 aliphatic rings. The number of nitrogens with zero attached hydrogens (tertiary/aromatic N) is 3. The summed E-state index contributed by atoms with van der Waals surface area (Å²) in [4.78, 5) is 17.9. The van der Waals surface area contributed by atoms with Gasteiger partial charge in [0, 0.05) is 43.4 Å². The number of hydrogen-bond acceptors (Lipinski definition) is 3. The molecular formula is C23H30ClN3O. The van der Waals surface area contributed by atoms with Crippen LogP contribution in [0.15, 0.2) is 48.5 Å². The summed E-state index contributed by atoms with van der Waals surface area (Å²) in [6, 6.07) is 16.4. The minimum atomic E-state index is 0. The fourth-order valence-corrected chi connectivity index (χ4v) is 4.16. The van der Waals surface area contributed by atoms with Crippen molar-refractivity contribution in [3.05, 3.63) is 48.5 Å². The molecule has 1 aliphatic heterocycles. The van der Waals surface area contributed by atoms with Crippen LogP contribution in [0.3, 0.4) is 0 Å². The summed E-state index contributed by atoms with van der Waals surface area (Å²) >= 11 is 0. The van der Waals surface area contributed by atoms with E-state index in [0.717, 1.165) is 41.2 Å². The highest BCUT2D eigenvalue weighted by molar-refractivity contribution is 6.13. The van der Waals surface area contributed by atoms with E-state index in [1.54, 1.807) is 0 Å². The van der Waals surface area contributed by atoms with Crippen molar-refractivity contribution in [2.45, 2.75) is 25.7 Å². The number of likely N-dealkylation sites (N-methyl/N-ethyl adjacent to an activating group) is 1. The number of rotatable bonds is 6. The minimum Gasteiger partial charge on any atom is -0.304 e. The first-order valence-corrected chi connectivity index (χ1v) is 10.2. The second-order valence-electron chi connectivity index (χ2n) is 7.72. The van der Waals surface area contributed by atoms with Crippen molar-refractivity contribution in [2.24, 2.45) is 0 Å². The Bertz CT molecular complexity index is 875. The SMILES string of the molecule is CN1CCN(CCCCCC(=O)n2c3ccccc3c3ccccc32)CC1.Cl. The van der Waals surface area contributed by atoms with Crippen LogP contribution < -0.4 is 0 Å². The standard InChI is InChI=1S/C23H29N3O.ClH/c1-24-15-17-25(18-16-24)14-8-2-3-13-23(27)26-21-11-6-4-9-19(21)20-10-5-7-12-22(20)26;/h4-7,9-12H,2-3,8,13-18H2,1H3;1H. The van der Waals surface area contributed by atoms with Gasteiger partial charge in [-0.25, -0.2) is 0 Å². The third-order valence-electron chi connectivity index (χ3n) is 5.79. The summed E-state index contributed by atoms with van der Waals surface area (Å²) in [7, 11) is 2.19. The quantitative estimate of drug-likeness (QED) is 0.564. The number of carbonyl (C=O) groups is 1. The number of hydrogen-bond donors (Lipinski definition) is 0. The molecule has 2 heterocycles. The van der Waals surface area contributed by atoms with Crippen LogP contribution in [0.5, 0.6) is 0 Å². The number of carbonyl (C=O) groups excluding carboxylic acids is 1. The zero-order valence-electron chi connectivity index (χ0n) is 16.6. The van der Waals surface area contributed by atoms with E-state index in [2.05, 4.69) is 41.1 Å². The van der Waals surface area contributed by atoms with Gasteiger partial charge in [0.05, 0.1) is 11.0 Å². The zero-order valence-corrected chi connectivity index (χ0v) is 17.5. The summed E-state index contributed by atoms with van der Waals surface area (Å²) < 4.78 is 1.92. The molecule has 3 aromatic rings. The molecule has 4 nitrogen and oxygen atoms in total. The van der Waals surface area contributed by atoms with Crippen LogP contribution in [-0.2, 0) is 0 Å². The predicted octanol–water partition coefficient (Wildman–Crippen LogP) is 4.66. The number of para-hydroxylation sites is 2. The Morgan fingerprint density at radius 2 is 1.39 bits per heavy atom. The first kappa shape index (κ1) is 20.8. The molecule has 0 spiro atoms. The molecule has 0 saturated carbocycles. The van der Waals surface area contributed by atoms with Crippen LogP contribution in [0.2, 0.25) is 0 Å². The largest absolute Gasteiger partial charge is 0.304 e.